The van der Waals surface area contributed by atoms with Crippen LogP contribution >= 0.6 is 11.3 Å². The zero-order valence-electron chi connectivity index (χ0n) is 8.92. The predicted molar refractivity (Wildman–Crippen MR) is 62.4 cm³/mol. The van der Waals surface area contributed by atoms with Crippen molar-refractivity contribution in [3.8, 4) is 11.3 Å². The number of nitrogens with one attached hydrogen (secondary N) is 1. The maximum absolute atomic E-state index is 11.5. The Balaban J connectivity index is 2.67. The molecule has 4 heteroatoms. The number of aromatic amines is 1. The minimum Gasteiger partial charge on any atom is -0.311 e. The van der Waals surface area contributed by atoms with Crippen LogP contribution in [0.15, 0.2) is 16.2 Å². The van der Waals surface area contributed by atoms with E-state index in [0.29, 0.717) is 11.4 Å². The summed E-state index contributed by atoms with van der Waals surface area (Å²) in [5, 5.41) is 2.03. The van der Waals surface area contributed by atoms with Gasteiger partial charge in [-0.3, -0.25) is 4.79 Å². The summed E-state index contributed by atoms with van der Waals surface area (Å²) in [6.45, 7) is 5.64. The number of H-pyrrole nitrogens is 1. The molecule has 15 heavy (non-hydrogen) atoms. The molecule has 0 aliphatic heterocycles. The minimum atomic E-state index is -0.0543. The van der Waals surface area contributed by atoms with Crippen LogP contribution in [0, 0.1) is 20.8 Å². The molecule has 0 amide bonds. The van der Waals surface area contributed by atoms with Gasteiger partial charge in [-0.2, -0.15) is 0 Å². The molecular formula is C11H12N2OS. The number of hydrogen-bond acceptors (Lipinski definition) is 3. The van der Waals surface area contributed by atoms with Crippen LogP contribution in [-0.2, 0) is 0 Å². The summed E-state index contributed by atoms with van der Waals surface area (Å²) in [4.78, 5) is 19.8. The molecule has 0 spiro atoms. The van der Waals surface area contributed by atoms with E-state index in [1.54, 1.807) is 25.2 Å². The van der Waals surface area contributed by atoms with Crippen molar-refractivity contribution in [3.05, 3.63) is 38.1 Å². The molecule has 3 nitrogen and oxygen atoms in total. The zero-order chi connectivity index (χ0) is 11.0. The van der Waals surface area contributed by atoms with Crippen LogP contribution in [0.2, 0.25) is 0 Å². The largest absolute Gasteiger partial charge is 0.311 e. The molecule has 0 unspecified atom stereocenters. The van der Waals surface area contributed by atoms with Gasteiger partial charge in [0.1, 0.15) is 5.82 Å². The Morgan fingerprint density at radius 3 is 2.67 bits per heavy atom. The van der Waals surface area contributed by atoms with Crippen molar-refractivity contribution in [3.63, 3.8) is 0 Å². The highest BCUT2D eigenvalue weighted by Crippen LogP contribution is 2.24. The molecule has 0 saturated heterocycles. The van der Waals surface area contributed by atoms with Crippen molar-refractivity contribution in [2.45, 2.75) is 20.8 Å². The molecule has 0 bridgehead atoms. The van der Waals surface area contributed by atoms with Crippen molar-refractivity contribution in [2.75, 3.05) is 0 Å². The van der Waals surface area contributed by atoms with Gasteiger partial charge in [0.2, 0.25) is 0 Å². The van der Waals surface area contributed by atoms with Crippen LogP contribution in [-0.4, -0.2) is 9.97 Å². The molecular weight excluding hydrogens is 208 g/mol. The molecule has 0 atom stereocenters. The Hall–Kier alpha value is -1.42. The van der Waals surface area contributed by atoms with Crippen LogP contribution in [0.1, 0.15) is 16.3 Å². The molecule has 0 aromatic carbocycles. The fourth-order valence-electron chi connectivity index (χ4n) is 1.49. The first-order valence-electron chi connectivity index (χ1n) is 4.71. The van der Waals surface area contributed by atoms with Crippen molar-refractivity contribution >= 4 is 11.3 Å². The maximum atomic E-state index is 11.5. The Morgan fingerprint density at radius 2 is 2.07 bits per heavy atom. The molecule has 78 valence electrons. The molecule has 0 radical (unpaired) electrons. The fraction of sp³-hybridized carbons (Fsp3) is 0.273. The normalized spacial score (nSPS) is 10.6. The van der Waals surface area contributed by atoms with Gasteiger partial charge in [-0.05, 0) is 26.8 Å². The summed E-state index contributed by atoms with van der Waals surface area (Å²) >= 11 is 1.67. The van der Waals surface area contributed by atoms with E-state index < -0.39 is 0 Å². The summed E-state index contributed by atoms with van der Waals surface area (Å²) in [6.07, 6.45) is 0. The fourth-order valence-corrected chi connectivity index (χ4v) is 2.18. The zero-order valence-corrected chi connectivity index (χ0v) is 9.73. The standard InChI is InChI=1S/C11H12N2OS/c1-6-4-9(5-15-6)10-7(2)11(14)13-8(3)12-10/h4-5H,1-3H3,(H,12,13,14). The third-order valence-electron chi connectivity index (χ3n) is 2.27. The molecule has 0 saturated carbocycles. The lowest BCUT2D eigenvalue weighted by molar-refractivity contribution is 1.000. The molecule has 2 aromatic rings. The number of thiophene rings is 1. The predicted octanol–water partition coefficient (Wildman–Crippen LogP) is 2.42. The van der Waals surface area contributed by atoms with Crippen LogP contribution in [0.4, 0.5) is 0 Å². The number of rotatable bonds is 1. The summed E-state index contributed by atoms with van der Waals surface area (Å²) in [6, 6.07) is 2.05. The van der Waals surface area contributed by atoms with Gasteiger partial charge in [0.25, 0.3) is 5.56 Å². The van der Waals surface area contributed by atoms with E-state index in [2.05, 4.69) is 16.0 Å². The number of aromatic nitrogens is 2. The van der Waals surface area contributed by atoms with Gasteiger partial charge >= 0.3 is 0 Å². The highest BCUT2D eigenvalue weighted by Gasteiger charge is 2.09. The van der Waals surface area contributed by atoms with Crippen LogP contribution in [0.3, 0.4) is 0 Å². The topological polar surface area (TPSA) is 45.8 Å². The van der Waals surface area contributed by atoms with Gasteiger partial charge in [0.15, 0.2) is 0 Å². The highest BCUT2D eigenvalue weighted by molar-refractivity contribution is 7.10. The van der Waals surface area contributed by atoms with Crippen LogP contribution in [0.5, 0.6) is 0 Å². The van der Waals surface area contributed by atoms with E-state index >= 15 is 0 Å². The van der Waals surface area contributed by atoms with Crippen molar-refractivity contribution in [1.29, 1.82) is 0 Å². The van der Waals surface area contributed by atoms with Crippen LogP contribution < -0.4 is 5.56 Å². The van der Waals surface area contributed by atoms with E-state index in [4.69, 9.17) is 0 Å². The lowest BCUT2D eigenvalue weighted by Gasteiger charge is -2.02. The maximum Gasteiger partial charge on any atom is 0.254 e. The number of hydrogen-bond donors (Lipinski definition) is 1. The molecule has 1 N–H and O–H groups in total. The molecule has 0 fully saturated rings. The van der Waals surface area contributed by atoms with E-state index in [-0.39, 0.29) is 5.56 Å². The average molecular weight is 220 g/mol. The minimum absolute atomic E-state index is 0.0543. The SMILES string of the molecule is Cc1nc(-c2csc(C)c2)c(C)c(=O)[nH]1. The van der Waals surface area contributed by atoms with Crippen molar-refractivity contribution in [1.82, 2.24) is 9.97 Å². The van der Waals surface area contributed by atoms with Gasteiger partial charge in [-0.15, -0.1) is 11.3 Å². The van der Waals surface area contributed by atoms with Crippen molar-refractivity contribution < 1.29 is 0 Å². The van der Waals surface area contributed by atoms with E-state index in [1.165, 1.54) is 4.88 Å². The molecule has 2 heterocycles. The molecule has 2 aromatic heterocycles. The second kappa shape index (κ2) is 3.62. The first-order chi connectivity index (χ1) is 7.08. The summed E-state index contributed by atoms with van der Waals surface area (Å²) < 4.78 is 0. The molecule has 2 rings (SSSR count). The lowest BCUT2D eigenvalue weighted by Crippen LogP contribution is -2.14. The smallest absolute Gasteiger partial charge is 0.254 e. The monoisotopic (exact) mass is 220 g/mol. The second-order valence-corrected chi connectivity index (χ2v) is 4.69. The van der Waals surface area contributed by atoms with Crippen molar-refractivity contribution in [2.24, 2.45) is 0 Å². The first-order valence-corrected chi connectivity index (χ1v) is 5.59. The van der Waals surface area contributed by atoms with Gasteiger partial charge in [0.05, 0.1) is 5.69 Å². The Kier molecular flexibility index (Phi) is 2.44. The number of nitrogens with zero attached hydrogens (tertiary/aromatic N) is 1. The van der Waals surface area contributed by atoms with Gasteiger partial charge in [0, 0.05) is 21.4 Å². The summed E-state index contributed by atoms with van der Waals surface area (Å²) in [5.74, 6) is 0.657. The Morgan fingerprint density at radius 1 is 1.33 bits per heavy atom. The molecule has 0 aliphatic carbocycles. The Bertz CT molecular complexity index is 554. The summed E-state index contributed by atoms with van der Waals surface area (Å²) in [5.41, 5.74) is 2.45. The van der Waals surface area contributed by atoms with E-state index in [0.717, 1.165) is 11.3 Å². The van der Waals surface area contributed by atoms with Crippen LogP contribution in [0.25, 0.3) is 11.3 Å². The number of aryl methyl sites for hydroxylation is 2. The summed E-state index contributed by atoms with van der Waals surface area (Å²) in [7, 11) is 0. The second-order valence-electron chi connectivity index (χ2n) is 3.57. The molecule has 0 aliphatic rings. The third kappa shape index (κ3) is 1.85. The first kappa shape index (κ1) is 10.1. The third-order valence-corrected chi connectivity index (χ3v) is 3.14. The lowest BCUT2D eigenvalue weighted by atomic mass is 10.1. The Labute approximate surface area is 91.8 Å². The van der Waals surface area contributed by atoms with Gasteiger partial charge in [-0.1, -0.05) is 0 Å². The average Bonchev–Trinajstić information content (AvgIpc) is 2.58. The quantitative estimate of drug-likeness (QED) is 0.802. The van der Waals surface area contributed by atoms with E-state index in [1.807, 2.05) is 12.3 Å². The van der Waals surface area contributed by atoms with E-state index in [9.17, 15) is 4.79 Å². The van der Waals surface area contributed by atoms with Gasteiger partial charge < -0.3 is 4.98 Å². The highest BCUT2D eigenvalue weighted by atomic mass is 32.1. The van der Waals surface area contributed by atoms with Gasteiger partial charge in [-0.25, -0.2) is 4.98 Å².